The zero-order valence-electron chi connectivity index (χ0n) is 18.3. The van der Waals surface area contributed by atoms with Crippen LogP contribution in [0.1, 0.15) is 27.9 Å². The van der Waals surface area contributed by atoms with Gasteiger partial charge in [-0.15, -0.1) is 0 Å². The van der Waals surface area contributed by atoms with Crippen LogP contribution in [0, 0.1) is 11.3 Å². The van der Waals surface area contributed by atoms with Gasteiger partial charge in [0.2, 0.25) is 0 Å². The van der Waals surface area contributed by atoms with E-state index in [0.29, 0.717) is 23.4 Å². The van der Waals surface area contributed by atoms with E-state index >= 15 is 0 Å². The first kappa shape index (κ1) is 20.9. The van der Waals surface area contributed by atoms with Crippen molar-refractivity contribution in [1.82, 2.24) is 15.0 Å². The highest BCUT2D eigenvalue weighted by Gasteiger charge is 2.22. The van der Waals surface area contributed by atoms with Crippen LogP contribution in [0.15, 0.2) is 77.3 Å². The molecule has 1 aliphatic rings. The molecule has 2 heterocycles. The van der Waals surface area contributed by atoms with Gasteiger partial charge in [0.25, 0.3) is 5.91 Å². The first-order valence-electron chi connectivity index (χ1n) is 11.2. The fraction of sp³-hybridized carbons (Fsp3) is 0.222. The van der Waals surface area contributed by atoms with Gasteiger partial charge in [-0.2, -0.15) is 5.26 Å². The van der Waals surface area contributed by atoms with Crippen molar-refractivity contribution in [3.05, 3.63) is 89.5 Å². The molecule has 3 aromatic carbocycles. The molecule has 0 radical (unpaired) electrons. The summed E-state index contributed by atoms with van der Waals surface area (Å²) < 4.78 is 5.59. The number of carbonyl (C=O) groups is 1. The Morgan fingerprint density at radius 1 is 0.970 bits per heavy atom. The maximum absolute atomic E-state index is 13.3. The molecule has 1 fully saturated rings. The molecule has 164 valence electrons. The number of aromatic nitrogens is 1. The molecular formula is C27H24N4O2. The third-order valence-electron chi connectivity index (χ3n) is 6.12. The Bertz CT molecular complexity index is 1310. The van der Waals surface area contributed by atoms with E-state index in [9.17, 15) is 4.79 Å². The summed E-state index contributed by atoms with van der Waals surface area (Å²) in [6.45, 7) is 3.99. The molecule has 4 aromatic rings. The standard InChI is InChI=1S/C27H24N4O2/c28-18-20-7-9-21(10-8-20)19-30-13-4-14-31(16-15-30)27(32)23-11-12-25-24(17-23)26(33-29-25)22-5-2-1-3-6-22/h1-3,5-12,17H,4,13-16,19H2. The molecule has 0 unspecified atom stereocenters. The van der Waals surface area contributed by atoms with Gasteiger partial charge in [0, 0.05) is 43.9 Å². The van der Waals surface area contributed by atoms with Crippen molar-refractivity contribution in [2.45, 2.75) is 13.0 Å². The summed E-state index contributed by atoms with van der Waals surface area (Å²) in [5, 5.41) is 14.0. The second-order valence-corrected chi connectivity index (χ2v) is 8.34. The molecule has 5 rings (SSSR count). The molecule has 1 aliphatic heterocycles. The van der Waals surface area contributed by atoms with Crippen LogP contribution in [0.4, 0.5) is 0 Å². The van der Waals surface area contributed by atoms with Crippen molar-refractivity contribution in [3.63, 3.8) is 0 Å². The number of nitriles is 1. The van der Waals surface area contributed by atoms with Gasteiger partial charge in [-0.3, -0.25) is 9.69 Å². The van der Waals surface area contributed by atoms with Gasteiger partial charge in [0.15, 0.2) is 5.76 Å². The van der Waals surface area contributed by atoms with Crippen molar-refractivity contribution in [2.75, 3.05) is 26.2 Å². The Morgan fingerprint density at radius 2 is 1.79 bits per heavy atom. The number of fused-ring (bicyclic) bond motifs is 1. The first-order valence-corrected chi connectivity index (χ1v) is 11.2. The van der Waals surface area contributed by atoms with Gasteiger partial charge in [0.1, 0.15) is 5.52 Å². The highest BCUT2D eigenvalue weighted by atomic mass is 16.5. The van der Waals surface area contributed by atoms with Crippen LogP contribution in [0.25, 0.3) is 22.2 Å². The molecule has 0 bridgehead atoms. The average molecular weight is 437 g/mol. The molecule has 1 amide bonds. The van der Waals surface area contributed by atoms with Gasteiger partial charge >= 0.3 is 0 Å². The first-order chi connectivity index (χ1) is 16.2. The van der Waals surface area contributed by atoms with Gasteiger partial charge in [-0.1, -0.05) is 47.6 Å². The number of hydrogen-bond donors (Lipinski definition) is 0. The summed E-state index contributed by atoms with van der Waals surface area (Å²) >= 11 is 0. The smallest absolute Gasteiger partial charge is 0.253 e. The Hall–Kier alpha value is -3.95. The highest BCUT2D eigenvalue weighted by Crippen LogP contribution is 2.29. The van der Waals surface area contributed by atoms with Crippen LogP contribution in [0.3, 0.4) is 0 Å². The van der Waals surface area contributed by atoms with Gasteiger partial charge in [-0.05, 0) is 42.3 Å². The van der Waals surface area contributed by atoms with Crippen molar-refractivity contribution in [3.8, 4) is 17.4 Å². The Labute approximate surface area is 192 Å². The van der Waals surface area contributed by atoms with Crippen molar-refractivity contribution in [2.24, 2.45) is 0 Å². The number of hydrogen-bond acceptors (Lipinski definition) is 5. The van der Waals surface area contributed by atoms with Crippen LogP contribution < -0.4 is 0 Å². The van der Waals surface area contributed by atoms with Gasteiger partial charge in [0.05, 0.1) is 17.0 Å². The predicted octanol–water partition coefficient (Wildman–Crippen LogP) is 4.71. The average Bonchev–Trinajstić information content (AvgIpc) is 3.15. The Kier molecular flexibility index (Phi) is 5.88. The third kappa shape index (κ3) is 4.50. The van der Waals surface area contributed by atoms with Crippen molar-refractivity contribution in [1.29, 1.82) is 5.26 Å². The maximum Gasteiger partial charge on any atom is 0.253 e. The van der Waals surface area contributed by atoms with Crippen LogP contribution >= 0.6 is 0 Å². The second-order valence-electron chi connectivity index (χ2n) is 8.34. The summed E-state index contributed by atoms with van der Waals surface area (Å²) in [7, 11) is 0. The highest BCUT2D eigenvalue weighted by molar-refractivity contribution is 6.01. The van der Waals surface area contributed by atoms with E-state index in [4.69, 9.17) is 9.78 Å². The topological polar surface area (TPSA) is 73.4 Å². The lowest BCUT2D eigenvalue weighted by atomic mass is 10.1. The lowest BCUT2D eigenvalue weighted by Crippen LogP contribution is -2.35. The van der Waals surface area contributed by atoms with Gasteiger partial charge < -0.3 is 9.42 Å². The summed E-state index contributed by atoms with van der Waals surface area (Å²) in [4.78, 5) is 17.6. The minimum atomic E-state index is 0.0392. The third-order valence-corrected chi connectivity index (χ3v) is 6.12. The molecule has 0 N–H and O–H groups in total. The lowest BCUT2D eigenvalue weighted by Gasteiger charge is -2.22. The normalized spacial score (nSPS) is 14.7. The van der Waals surface area contributed by atoms with Crippen molar-refractivity contribution < 1.29 is 9.32 Å². The summed E-state index contributed by atoms with van der Waals surface area (Å²) in [5.74, 6) is 0.724. The molecule has 33 heavy (non-hydrogen) atoms. The number of rotatable bonds is 4. The molecule has 0 spiro atoms. The molecule has 0 aliphatic carbocycles. The van der Waals surface area contributed by atoms with Crippen LogP contribution in [-0.4, -0.2) is 47.0 Å². The molecule has 0 saturated carbocycles. The zero-order valence-corrected chi connectivity index (χ0v) is 18.3. The molecule has 1 saturated heterocycles. The molecule has 1 aromatic heterocycles. The number of nitrogens with zero attached hydrogens (tertiary/aromatic N) is 4. The largest absolute Gasteiger partial charge is 0.355 e. The van der Waals surface area contributed by atoms with E-state index in [0.717, 1.165) is 49.1 Å². The van der Waals surface area contributed by atoms with E-state index < -0.39 is 0 Å². The van der Waals surface area contributed by atoms with Crippen molar-refractivity contribution >= 4 is 16.8 Å². The quantitative estimate of drug-likeness (QED) is 0.463. The maximum atomic E-state index is 13.3. The van der Waals surface area contributed by atoms with E-state index in [-0.39, 0.29) is 5.91 Å². The zero-order chi connectivity index (χ0) is 22.6. The van der Waals surface area contributed by atoms with E-state index in [1.54, 1.807) is 0 Å². The molecule has 6 nitrogen and oxygen atoms in total. The summed E-state index contributed by atoms with van der Waals surface area (Å²) in [6, 6.07) is 25.3. The molecular weight excluding hydrogens is 412 g/mol. The lowest BCUT2D eigenvalue weighted by molar-refractivity contribution is 0.0761. The minimum absolute atomic E-state index is 0.0392. The Balaban J connectivity index is 1.29. The van der Waals surface area contributed by atoms with Crippen LogP contribution in [0.2, 0.25) is 0 Å². The van der Waals surface area contributed by atoms with Crippen LogP contribution in [-0.2, 0) is 6.54 Å². The number of benzene rings is 3. The van der Waals surface area contributed by atoms with E-state index in [1.165, 1.54) is 5.56 Å². The van der Waals surface area contributed by atoms with Gasteiger partial charge in [-0.25, -0.2) is 0 Å². The second kappa shape index (κ2) is 9.27. The number of carbonyl (C=O) groups excluding carboxylic acids is 1. The molecule has 0 atom stereocenters. The predicted molar refractivity (Wildman–Crippen MR) is 126 cm³/mol. The fourth-order valence-electron chi connectivity index (χ4n) is 4.33. The molecule has 6 heteroatoms. The summed E-state index contributed by atoms with van der Waals surface area (Å²) in [6.07, 6.45) is 0.923. The fourth-order valence-corrected chi connectivity index (χ4v) is 4.33. The number of amides is 1. The van der Waals surface area contributed by atoms with E-state index in [1.807, 2.05) is 77.7 Å². The SMILES string of the molecule is N#Cc1ccc(CN2CCCN(C(=O)c3ccc4noc(-c5ccccc5)c4c3)CC2)cc1. The minimum Gasteiger partial charge on any atom is -0.355 e. The van der Waals surface area contributed by atoms with E-state index in [2.05, 4.69) is 16.1 Å². The Morgan fingerprint density at radius 3 is 2.58 bits per heavy atom. The summed E-state index contributed by atoms with van der Waals surface area (Å²) in [5.41, 5.74) is 4.20. The van der Waals surface area contributed by atoms with Crippen LogP contribution in [0.5, 0.6) is 0 Å². The monoisotopic (exact) mass is 436 g/mol.